The lowest BCUT2D eigenvalue weighted by molar-refractivity contribution is 0.182. The number of aromatic nitrogens is 3. The van der Waals surface area contributed by atoms with Crippen LogP contribution in [-0.2, 0) is 11.3 Å². The van der Waals surface area contributed by atoms with E-state index in [2.05, 4.69) is 39.7 Å². The van der Waals surface area contributed by atoms with E-state index in [9.17, 15) is 0 Å². The third kappa shape index (κ3) is 5.17. The summed E-state index contributed by atoms with van der Waals surface area (Å²) >= 11 is 0. The van der Waals surface area contributed by atoms with Gasteiger partial charge in [0.2, 0.25) is 0 Å². The molecule has 0 fully saturated rings. The van der Waals surface area contributed by atoms with Gasteiger partial charge in [-0.15, -0.1) is 0 Å². The van der Waals surface area contributed by atoms with Crippen molar-refractivity contribution in [2.75, 3.05) is 25.6 Å². The summed E-state index contributed by atoms with van der Waals surface area (Å²) in [6.45, 7) is 2.12. The first-order chi connectivity index (χ1) is 10.3. The minimum absolute atomic E-state index is 0.291. The van der Waals surface area contributed by atoms with Crippen LogP contribution < -0.4 is 11.1 Å². The molecule has 1 aromatic carbocycles. The highest BCUT2D eigenvalue weighted by atomic mass is 16.5. The van der Waals surface area contributed by atoms with Gasteiger partial charge in [0.25, 0.3) is 0 Å². The number of rotatable bonds is 9. The first-order valence-corrected chi connectivity index (χ1v) is 7.18. The molecule has 2 aromatic rings. The number of anilines is 1. The van der Waals surface area contributed by atoms with Crippen LogP contribution in [0.5, 0.6) is 0 Å². The molecule has 1 aromatic heterocycles. The molecular formula is C15H23N5O. The number of nitrogens with one attached hydrogen (secondary N) is 1. The van der Waals surface area contributed by atoms with Crippen LogP contribution in [0.2, 0.25) is 0 Å². The molecule has 6 nitrogen and oxygen atoms in total. The van der Waals surface area contributed by atoms with Crippen LogP contribution in [0.15, 0.2) is 36.9 Å². The van der Waals surface area contributed by atoms with Crippen molar-refractivity contribution in [3.8, 4) is 0 Å². The fourth-order valence-electron chi connectivity index (χ4n) is 2.21. The molecule has 0 saturated heterocycles. The number of nitrogens with zero attached hydrogens (tertiary/aromatic N) is 3. The third-order valence-electron chi connectivity index (χ3n) is 3.26. The lowest BCUT2D eigenvalue weighted by atomic mass is 10.1. The van der Waals surface area contributed by atoms with E-state index in [-0.39, 0.29) is 0 Å². The van der Waals surface area contributed by atoms with Crippen LogP contribution >= 0.6 is 0 Å². The Bertz CT molecular complexity index is 497. The van der Waals surface area contributed by atoms with Crippen molar-refractivity contribution in [3.63, 3.8) is 0 Å². The van der Waals surface area contributed by atoms with E-state index in [1.54, 1.807) is 24.4 Å². The Kier molecular flexibility index (Phi) is 6.18. The lowest BCUT2D eigenvalue weighted by Crippen LogP contribution is -2.25. The second-order valence-electron chi connectivity index (χ2n) is 5.02. The van der Waals surface area contributed by atoms with E-state index in [4.69, 9.17) is 10.5 Å². The fourth-order valence-corrected chi connectivity index (χ4v) is 2.21. The van der Waals surface area contributed by atoms with Crippen LogP contribution in [0.25, 0.3) is 0 Å². The van der Waals surface area contributed by atoms with E-state index in [0.29, 0.717) is 19.2 Å². The standard InChI is InChI=1S/C15H23N5O/c1-21-10-15(3-2-8-16)19-14-6-4-13(5-7-14)9-20-12-17-11-18-20/h4-7,11-12,15,19H,2-3,8-10,16H2,1H3. The number of hydrogen-bond donors (Lipinski definition) is 2. The van der Waals surface area contributed by atoms with Gasteiger partial charge in [0.15, 0.2) is 0 Å². The molecule has 0 radical (unpaired) electrons. The summed E-state index contributed by atoms with van der Waals surface area (Å²) < 4.78 is 7.05. The van der Waals surface area contributed by atoms with Gasteiger partial charge < -0.3 is 15.8 Å². The highest BCUT2D eigenvalue weighted by Gasteiger charge is 2.07. The van der Waals surface area contributed by atoms with E-state index >= 15 is 0 Å². The van der Waals surface area contributed by atoms with Crippen LogP contribution in [0.4, 0.5) is 5.69 Å². The van der Waals surface area contributed by atoms with Crippen molar-refractivity contribution in [2.45, 2.75) is 25.4 Å². The van der Waals surface area contributed by atoms with Crippen molar-refractivity contribution < 1.29 is 4.74 Å². The average molecular weight is 289 g/mol. The Balaban J connectivity index is 1.90. The number of benzene rings is 1. The molecule has 0 aliphatic rings. The normalized spacial score (nSPS) is 12.3. The predicted molar refractivity (Wildman–Crippen MR) is 83.1 cm³/mol. The number of hydrogen-bond acceptors (Lipinski definition) is 5. The summed E-state index contributed by atoms with van der Waals surface area (Å²) in [6, 6.07) is 8.64. The molecule has 21 heavy (non-hydrogen) atoms. The highest BCUT2D eigenvalue weighted by molar-refractivity contribution is 5.45. The molecule has 0 amide bonds. The van der Waals surface area contributed by atoms with Gasteiger partial charge in [-0.1, -0.05) is 12.1 Å². The Morgan fingerprint density at radius 1 is 1.33 bits per heavy atom. The maximum Gasteiger partial charge on any atom is 0.137 e. The highest BCUT2D eigenvalue weighted by Crippen LogP contribution is 2.13. The second-order valence-corrected chi connectivity index (χ2v) is 5.02. The van der Waals surface area contributed by atoms with Gasteiger partial charge in [-0.3, -0.25) is 0 Å². The van der Waals surface area contributed by atoms with Crippen molar-refractivity contribution in [2.24, 2.45) is 5.73 Å². The van der Waals surface area contributed by atoms with Crippen molar-refractivity contribution >= 4 is 5.69 Å². The molecule has 2 rings (SSSR count). The zero-order valence-electron chi connectivity index (χ0n) is 12.4. The summed E-state index contributed by atoms with van der Waals surface area (Å²) in [6.07, 6.45) is 5.26. The number of ether oxygens (including phenoxy) is 1. The third-order valence-corrected chi connectivity index (χ3v) is 3.26. The Morgan fingerprint density at radius 2 is 2.14 bits per heavy atom. The summed E-state index contributed by atoms with van der Waals surface area (Å²) in [7, 11) is 1.72. The van der Waals surface area contributed by atoms with Gasteiger partial charge in [-0.05, 0) is 37.1 Å². The van der Waals surface area contributed by atoms with Gasteiger partial charge >= 0.3 is 0 Å². The van der Waals surface area contributed by atoms with Crippen LogP contribution in [0, 0.1) is 0 Å². The Hall–Kier alpha value is -1.92. The van der Waals surface area contributed by atoms with Crippen LogP contribution in [0.1, 0.15) is 18.4 Å². The fraction of sp³-hybridized carbons (Fsp3) is 0.467. The zero-order valence-corrected chi connectivity index (χ0v) is 12.4. The van der Waals surface area contributed by atoms with Crippen molar-refractivity contribution in [1.82, 2.24) is 14.8 Å². The monoisotopic (exact) mass is 289 g/mol. The minimum Gasteiger partial charge on any atom is -0.383 e. The van der Waals surface area contributed by atoms with E-state index in [1.807, 2.05) is 0 Å². The summed E-state index contributed by atoms with van der Waals surface area (Å²) in [5.74, 6) is 0. The molecule has 6 heteroatoms. The molecule has 0 spiro atoms. The van der Waals surface area contributed by atoms with E-state index in [1.165, 1.54) is 5.56 Å². The molecule has 1 atom stereocenters. The van der Waals surface area contributed by atoms with Crippen LogP contribution in [0.3, 0.4) is 0 Å². The minimum atomic E-state index is 0.291. The Morgan fingerprint density at radius 3 is 2.76 bits per heavy atom. The molecule has 1 heterocycles. The molecule has 114 valence electrons. The topological polar surface area (TPSA) is 78.0 Å². The first kappa shape index (κ1) is 15.5. The van der Waals surface area contributed by atoms with Gasteiger partial charge in [0.05, 0.1) is 13.2 Å². The SMILES string of the molecule is COCC(CCCN)Nc1ccc(Cn2cncn2)cc1. The van der Waals surface area contributed by atoms with Gasteiger partial charge in [0, 0.05) is 18.8 Å². The molecule has 0 aliphatic heterocycles. The maximum absolute atomic E-state index is 5.57. The molecule has 3 N–H and O–H groups in total. The van der Waals surface area contributed by atoms with Crippen molar-refractivity contribution in [1.29, 1.82) is 0 Å². The van der Waals surface area contributed by atoms with Crippen LogP contribution in [-0.4, -0.2) is 41.1 Å². The summed E-state index contributed by atoms with van der Waals surface area (Å²) in [4.78, 5) is 3.94. The largest absolute Gasteiger partial charge is 0.383 e. The molecule has 0 saturated carbocycles. The van der Waals surface area contributed by atoms with Gasteiger partial charge in [-0.2, -0.15) is 5.10 Å². The quantitative estimate of drug-likeness (QED) is 0.731. The Labute approximate surface area is 125 Å². The number of methoxy groups -OCH3 is 1. The molecular weight excluding hydrogens is 266 g/mol. The summed E-state index contributed by atoms with van der Waals surface area (Å²) in [5, 5.41) is 7.59. The molecule has 0 aliphatic carbocycles. The predicted octanol–water partition coefficient (Wildman–Crippen LogP) is 1.49. The van der Waals surface area contributed by atoms with E-state index in [0.717, 1.165) is 25.1 Å². The summed E-state index contributed by atoms with van der Waals surface area (Å²) in [5.41, 5.74) is 7.85. The first-order valence-electron chi connectivity index (χ1n) is 7.18. The number of nitrogens with two attached hydrogens (primary N) is 1. The van der Waals surface area contributed by atoms with Crippen molar-refractivity contribution in [3.05, 3.63) is 42.5 Å². The maximum atomic E-state index is 5.57. The zero-order chi connectivity index (χ0) is 14.9. The lowest BCUT2D eigenvalue weighted by Gasteiger charge is -2.19. The molecule has 0 bridgehead atoms. The van der Waals surface area contributed by atoms with E-state index < -0.39 is 0 Å². The van der Waals surface area contributed by atoms with Gasteiger partial charge in [0.1, 0.15) is 12.7 Å². The van der Waals surface area contributed by atoms with Gasteiger partial charge in [-0.25, -0.2) is 9.67 Å². The smallest absolute Gasteiger partial charge is 0.137 e. The molecule has 1 unspecified atom stereocenters. The average Bonchev–Trinajstić information content (AvgIpc) is 3.00. The second kappa shape index (κ2) is 8.39.